The molecule has 2 aromatic heterocycles. The number of benzene rings is 2. The summed E-state index contributed by atoms with van der Waals surface area (Å²) < 4.78 is 26.1. The average Bonchev–Trinajstić information content (AvgIpc) is 3.79. The molecule has 16 heteroatoms. The van der Waals surface area contributed by atoms with Gasteiger partial charge in [0, 0.05) is 41.5 Å². The number of hydrogen-bond acceptors (Lipinski definition) is 10. The number of amidine groups is 1. The second-order valence-corrected chi connectivity index (χ2v) is 19.1. The van der Waals surface area contributed by atoms with Gasteiger partial charge in [-0.3, -0.25) is 44.0 Å². The number of nitrogens with zero attached hydrogens (tertiary/aromatic N) is 3. The number of nitrogens with one attached hydrogen (secondary N) is 2. The molecule has 5 heterocycles. The molecular formula is C44H50N6O8S2. The number of aromatic nitrogens is 1. The molecule has 5 amide bonds. The topological polar surface area (TPSA) is 207 Å². The first-order chi connectivity index (χ1) is 28.8. The molecule has 4 N–H and O–H groups in total. The summed E-state index contributed by atoms with van der Waals surface area (Å²) in [5.74, 6) is -1.65. The van der Waals surface area contributed by atoms with Gasteiger partial charge >= 0.3 is 0 Å². The minimum Gasteiger partial charge on any atom is -0.383 e. The van der Waals surface area contributed by atoms with E-state index < -0.39 is 39.5 Å². The SMILES string of the molecule is CCn1cc(-c2ccc(C(=O)NCCCCCCCCCc3ccc4c(c3)C(=O)N(C3CCC(=O)NC3=O)C4=O)cc2)c2sc(C(N)=NC3CCS(=O)(=O)CC3)cc2c1=O. The number of carbonyl (C=O) groups excluding carboxylic acids is 5. The van der Waals surface area contributed by atoms with Crippen LogP contribution in [0.1, 0.15) is 119 Å². The van der Waals surface area contributed by atoms with Gasteiger partial charge in [0.1, 0.15) is 21.7 Å². The van der Waals surface area contributed by atoms with Crippen LogP contribution in [0.15, 0.2) is 64.5 Å². The highest BCUT2D eigenvalue weighted by Gasteiger charge is 2.44. The molecule has 316 valence electrons. The number of aryl methyl sites for hydroxylation is 2. The van der Waals surface area contributed by atoms with E-state index in [4.69, 9.17) is 5.73 Å². The van der Waals surface area contributed by atoms with Gasteiger partial charge in [-0.05, 0) is 86.9 Å². The molecular weight excluding hydrogens is 805 g/mol. The highest BCUT2D eigenvalue weighted by molar-refractivity contribution is 7.91. The summed E-state index contributed by atoms with van der Waals surface area (Å²) in [7, 11) is -3.02. The van der Waals surface area contributed by atoms with Crippen molar-refractivity contribution in [3.05, 3.63) is 92.2 Å². The monoisotopic (exact) mass is 854 g/mol. The molecule has 2 aromatic carbocycles. The Balaban J connectivity index is 0.834. The first-order valence-corrected chi connectivity index (χ1v) is 23.4. The number of nitrogens with two attached hydrogens (primary N) is 1. The van der Waals surface area contributed by atoms with Crippen LogP contribution in [0.2, 0.25) is 0 Å². The van der Waals surface area contributed by atoms with E-state index in [9.17, 15) is 37.2 Å². The standard InChI is InChI=1S/C44H50N6O8S2/c1-2-49-26-34(38-33(42(49)54)25-36(59-38)39(45)47-30-19-22-60(57,58)23-20-30)28-12-14-29(15-13-28)40(52)46-21-9-7-5-3-4-6-8-10-27-11-16-31-32(24-27)44(56)50(43(31)55)35-17-18-37(51)48-41(35)53/h11-16,24-26,30,35H,2-10,17-23H2,1H3,(H2,45,47)(H,46,52)(H,48,51,53). The van der Waals surface area contributed by atoms with Crippen molar-refractivity contribution in [2.45, 2.75) is 103 Å². The van der Waals surface area contributed by atoms with Crippen molar-refractivity contribution >= 4 is 66.6 Å². The molecule has 0 bridgehead atoms. The Bertz CT molecular complexity index is 2530. The Hall–Kier alpha value is -5.48. The molecule has 2 fully saturated rings. The van der Waals surface area contributed by atoms with Crippen LogP contribution in [-0.4, -0.2) is 83.4 Å². The smallest absolute Gasteiger partial charge is 0.262 e. The largest absolute Gasteiger partial charge is 0.383 e. The highest BCUT2D eigenvalue weighted by atomic mass is 32.2. The van der Waals surface area contributed by atoms with Crippen LogP contribution in [-0.2, 0) is 32.4 Å². The van der Waals surface area contributed by atoms with Gasteiger partial charge in [0.2, 0.25) is 11.8 Å². The Morgan fingerprint density at radius 2 is 1.55 bits per heavy atom. The maximum atomic E-state index is 13.3. The summed E-state index contributed by atoms with van der Waals surface area (Å²) in [6.45, 7) is 2.96. The Morgan fingerprint density at radius 3 is 2.25 bits per heavy atom. The fourth-order valence-corrected chi connectivity index (χ4v) is 10.7. The molecule has 1 unspecified atom stereocenters. The van der Waals surface area contributed by atoms with Crippen molar-refractivity contribution in [2.24, 2.45) is 10.7 Å². The number of aliphatic imine (C=N–C) groups is 1. The van der Waals surface area contributed by atoms with Crippen LogP contribution in [0.5, 0.6) is 0 Å². The van der Waals surface area contributed by atoms with Crippen molar-refractivity contribution < 1.29 is 32.4 Å². The molecule has 0 saturated carbocycles. The van der Waals surface area contributed by atoms with E-state index in [0.717, 1.165) is 77.7 Å². The van der Waals surface area contributed by atoms with Gasteiger partial charge in [-0.15, -0.1) is 11.3 Å². The maximum absolute atomic E-state index is 13.3. The van der Waals surface area contributed by atoms with E-state index in [1.54, 1.807) is 34.9 Å². The van der Waals surface area contributed by atoms with Gasteiger partial charge in [-0.25, -0.2) is 8.42 Å². The number of imide groups is 2. The molecule has 14 nitrogen and oxygen atoms in total. The molecule has 0 aliphatic carbocycles. The molecule has 1 atom stereocenters. The maximum Gasteiger partial charge on any atom is 0.262 e. The molecule has 60 heavy (non-hydrogen) atoms. The Kier molecular flexibility index (Phi) is 13.1. The molecule has 7 rings (SSSR count). The Labute approximate surface area is 352 Å². The number of thiophene rings is 1. The lowest BCUT2D eigenvalue weighted by molar-refractivity contribution is -0.136. The quantitative estimate of drug-likeness (QED) is 0.0590. The van der Waals surface area contributed by atoms with Gasteiger partial charge in [-0.1, -0.05) is 50.3 Å². The minimum absolute atomic E-state index is 0.0862. The predicted octanol–water partition coefficient (Wildman–Crippen LogP) is 5.14. The number of pyridine rings is 1. The van der Waals surface area contributed by atoms with E-state index in [1.807, 2.05) is 31.3 Å². The minimum atomic E-state index is -3.02. The number of amides is 5. The first kappa shape index (κ1) is 42.6. The lowest BCUT2D eigenvalue weighted by Gasteiger charge is -2.27. The van der Waals surface area contributed by atoms with Crippen LogP contribution >= 0.6 is 11.3 Å². The summed E-state index contributed by atoms with van der Waals surface area (Å²) in [6, 6.07) is 13.2. The molecule has 3 aliphatic rings. The third-order valence-corrected chi connectivity index (χ3v) is 14.5. The molecule has 4 aromatic rings. The van der Waals surface area contributed by atoms with Crippen molar-refractivity contribution in [1.82, 2.24) is 20.1 Å². The van der Waals surface area contributed by atoms with Gasteiger partial charge < -0.3 is 15.6 Å². The third-order valence-electron chi connectivity index (χ3n) is 11.6. The lowest BCUT2D eigenvalue weighted by Crippen LogP contribution is -2.54. The molecule has 0 radical (unpaired) electrons. The zero-order chi connectivity index (χ0) is 42.6. The van der Waals surface area contributed by atoms with E-state index in [-0.39, 0.29) is 41.9 Å². The van der Waals surface area contributed by atoms with Crippen LogP contribution in [0.4, 0.5) is 0 Å². The average molecular weight is 855 g/mol. The zero-order valence-electron chi connectivity index (χ0n) is 33.7. The van der Waals surface area contributed by atoms with Crippen molar-refractivity contribution in [2.75, 3.05) is 18.1 Å². The third kappa shape index (κ3) is 9.44. The van der Waals surface area contributed by atoms with Crippen molar-refractivity contribution in [3.63, 3.8) is 0 Å². The second kappa shape index (κ2) is 18.4. The second-order valence-electron chi connectivity index (χ2n) is 15.8. The fraction of sp³-hybridized carbons (Fsp3) is 0.432. The summed E-state index contributed by atoms with van der Waals surface area (Å²) in [5, 5.41) is 5.78. The molecule has 2 saturated heterocycles. The zero-order valence-corrected chi connectivity index (χ0v) is 35.3. The van der Waals surface area contributed by atoms with Gasteiger partial charge in [0.05, 0.1) is 38.9 Å². The van der Waals surface area contributed by atoms with Crippen LogP contribution in [0.25, 0.3) is 21.2 Å². The highest BCUT2D eigenvalue weighted by Crippen LogP contribution is 2.34. The number of rotatable bonds is 16. The molecule has 0 spiro atoms. The Morgan fingerprint density at radius 1 is 0.867 bits per heavy atom. The van der Waals surface area contributed by atoms with Crippen LogP contribution < -0.4 is 21.9 Å². The van der Waals surface area contributed by atoms with Gasteiger partial charge in [0.15, 0.2) is 0 Å². The van der Waals surface area contributed by atoms with Gasteiger partial charge in [-0.2, -0.15) is 0 Å². The summed E-state index contributed by atoms with van der Waals surface area (Å²) in [5.41, 5.74) is 10.1. The first-order valence-electron chi connectivity index (χ1n) is 20.8. The van der Waals surface area contributed by atoms with E-state index in [0.29, 0.717) is 58.7 Å². The lowest BCUT2D eigenvalue weighted by atomic mass is 10.0. The van der Waals surface area contributed by atoms with Crippen molar-refractivity contribution in [1.29, 1.82) is 0 Å². The number of hydrogen-bond donors (Lipinski definition) is 3. The summed E-state index contributed by atoms with van der Waals surface area (Å²) in [4.78, 5) is 82.5. The summed E-state index contributed by atoms with van der Waals surface area (Å²) in [6.07, 6.45) is 10.7. The summed E-state index contributed by atoms with van der Waals surface area (Å²) >= 11 is 1.38. The number of fused-ring (bicyclic) bond motifs is 2. The van der Waals surface area contributed by atoms with Crippen molar-refractivity contribution in [3.8, 4) is 11.1 Å². The predicted molar refractivity (Wildman–Crippen MR) is 231 cm³/mol. The fourth-order valence-electron chi connectivity index (χ4n) is 8.13. The molecule has 3 aliphatic heterocycles. The van der Waals surface area contributed by atoms with Crippen LogP contribution in [0, 0.1) is 0 Å². The number of piperidine rings is 1. The van der Waals surface area contributed by atoms with E-state index in [2.05, 4.69) is 15.6 Å². The van der Waals surface area contributed by atoms with E-state index in [1.165, 1.54) is 11.3 Å². The van der Waals surface area contributed by atoms with Gasteiger partial charge in [0.25, 0.3) is 23.3 Å². The number of carbonyl (C=O) groups is 5. The van der Waals surface area contributed by atoms with Crippen LogP contribution in [0.3, 0.4) is 0 Å². The number of sulfone groups is 1. The normalized spacial score (nSPS) is 18.2. The van der Waals surface area contributed by atoms with E-state index >= 15 is 0 Å². The number of unbranched alkanes of at least 4 members (excludes halogenated alkanes) is 6.